The number of nitrogens with zero attached hydrogens (tertiary/aromatic N) is 4. The Morgan fingerprint density at radius 2 is 2.19 bits per heavy atom. The predicted octanol–water partition coefficient (Wildman–Crippen LogP) is 2.52. The van der Waals surface area contributed by atoms with E-state index in [0.29, 0.717) is 31.1 Å². The molecule has 0 spiro atoms. The summed E-state index contributed by atoms with van der Waals surface area (Å²) in [6.45, 7) is 1.95. The van der Waals surface area contributed by atoms with Crippen LogP contribution in [-0.4, -0.2) is 63.7 Å². The van der Waals surface area contributed by atoms with E-state index in [1.54, 1.807) is 24.2 Å². The van der Waals surface area contributed by atoms with Crippen molar-refractivity contribution >= 4 is 23.2 Å². The molecule has 2 saturated heterocycles. The van der Waals surface area contributed by atoms with Crippen molar-refractivity contribution in [2.75, 3.05) is 32.1 Å². The highest BCUT2D eigenvalue weighted by Crippen LogP contribution is 2.36. The molecule has 2 aliphatic heterocycles. The van der Waals surface area contributed by atoms with Gasteiger partial charge in [0.1, 0.15) is 10.7 Å². The normalized spacial score (nSPS) is 23.5. The number of likely N-dealkylation sites (N-methyl/N-ethyl adjacent to an activating group) is 1. The van der Waals surface area contributed by atoms with E-state index < -0.39 is 5.60 Å². The fraction of sp³-hybridized carbons (Fsp3) is 0.364. The standard InChI is InChI=1S/C22H23N5O3S/c1-27-9-7-22(29,20(27)28)15-4-2-3-14(11-15)19-25-18(13-31-19)17-5-8-23-21(26-17)24-16-6-10-30-12-16/h2-5,8,11,13,16,29H,6-7,9-10,12H2,1H3,(H,23,24,26)/t16-,22-/m1/s1. The number of carbonyl (C=O) groups is 1. The summed E-state index contributed by atoms with van der Waals surface area (Å²) in [5.74, 6) is 0.300. The van der Waals surface area contributed by atoms with Crippen molar-refractivity contribution in [1.29, 1.82) is 0 Å². The Kier molecular flexibility index (Phi) is 5.17. The smallest absolute Gasteiger partial charge is 0.258 e. The van der Waals surface area contributed by atoms with Gasteiger partial charge in [-0.05, 0) is 24.1 Å². The zero-order chi connectivity index (χ0) is 21.4. The predicted molar refractivity (Wildman–Crippen MR) is 118 cm³/mol. The molecule has 0 saturated carbocycles. The lowest BCUT2D eigenvalue weighted by Gasteiger charge is -2.21. The number of likely N-dealkylation sites (tertiary alicyclic amines) is 1. The summed E-state index contributed by atoms with van der Waals surface area (Å²) < 4.78 is 5.39. The molecule has 5 rings (SSSR count). The van der Waals surface area contributed by atoms with E-state index in [2.05, 4.69) is 15.3 Å². The minimum absolute atomic E-state index is 0.229. The summed E-state index contributed by atoms with van der Waals surface area (Å²) in [6.07, 6.45) is 3.05. The van der Waals surface area contributed by atoms with Gasteiger partial charge < -0.3 is 20.1 Å². The highest BCUT2D eigenvalue weighted by Gasteiger charge is 2.45. The molecule has 0 aliphatic carbocycles. The summed E-state index contributed by atoms with van der Waals surface area (Å²) in [4.78, 5) is 27.7. The van der Waals surface area contributed by atoms with Gasteiger partial charge in [-0.3, -0.25) is 4.79 Å². The van der Waals surface area contributed by atoms with E-state index in [1.165, 1.54) is 11.3 Å². The minimum Gasteiger partial charge on any atom is -0.379 e. The molecule has 8 nitrogen and oxygen atoms in total. The molecule has 0 bridgehead atoms. The van der Waals surface area contributed by atoms with Crippen molar-refractivity contribution in [3.63, 3.8) is 0 Å². The number of anilines is 1. The van der Waals surface area contributed by atoms with Crippen LogP contribution in [0.5, 0.6) is 0 Å². The van der Waals surface area contributed by atoms with Crippen molar-refractivity contribution in [2.24, 2.45) is 0 Å². The second-order valence-electron chi connectivity index (χ2n) is 7.93. The van der Waals surface area contributed by atoms with Crippen LogP contribution in [0.1, 0.15) is 18.4 Å². The number of ether oxygens (including phenoxy) is 1. The van der Waals surface area contributed by atoms with E-state index in [1.807, 2.05) is 29.6 Å². The first-order chi connectivity index (χ1) is 15.0. The first-order valence-electron chi connectivity index (χ1n) is 10.2. The number of nitrogens with one attached hydrogen (secondary N) is 1. The van der Waals surface area contributed by atoms with Crippen LogP contribution in [-0.2, 0) is 15.1 Å². The number of hydrogen-bond acceptors (Lipinski definition) is 8. The van der Waals surface area contributed by atoms with E-state index in [4.69, 9.17) is 9.72 Å². The monoisotopic (exact) mass is 437 g/mol. The lowest BCUT2D eigenvalue weighted by Crippen LogP contribution is -2.36. The molecule has 160 valence electrons. The molecule has 2 aromatic heterocycles. The molecule has 3 aromatic rings. The number of thiazole rings is 1. The first-order valence-corrected chi connectivity index (χ1v) is 11.1. The Labute approximate surface area is 183 Å². The van der Waals surface area contributed by atoms with Gasteiger partial charge in [-0.15, -0.1) is 11.3 Å². The van der Waals surface area contributed by atoms with E-state index in [0.717, 1.165) is 35.0 Å². The number of rotatable bonds is 5. The number of amides is 1. The fourth-order valence-corrected chi connectivity index (χ4v) is 4.77. The number of benzene rings is 1. The van der Waals surface area contributed by atoms with Crippen LogP contribution in [0.15, 0.2) is 41.9 Å². The summed E-state index contributed by atoms with van der Waals surface area (Å²) in [6, 6.07) is 9.50. The van der Waals surface area contributed by atoms with Gasteiger partial charge in [-0.2, -0.15) is 0 Å². The molecule has 2 aliphatic rings. The SMILES string of the molecule is CN1CC[C@@](O)(c2cccc(-c3nc(-c4ccnc(N[C@@H]5CCOC5)n4)cs3)c2)C1=O. The van der Waals surface area contributed by atoms with Gasteiger partial charge in [0.25, 0.3) is 5.91 Å². The Hall–Kier alpha value is -2.88. The van der Waals surface area contributed by atoms with Gasteiger partial charge in [0, 0.05) is 43.8 Å². The summed E-state index contributed by atoms with van der Waals surface area (Å²) >= 11 is 1.50. The molecule has 31 heavy (non-hydrogen) atoms. The average Bonchev–Trinajstić information content (AvgIpc) is 3.54. The van der Waals surface area contributed by atoms with Gasteiger partial charge in [-0.25, -0.2) is 15.0 Å². The zero-order valence-electron chi connectivity index (χ0n) is 17.1. The third-order valence-electron chi connectivity index (χ3n) is 5.78. The van der Waals surface area contributed by atoms with E-state index in [-0.39, 0.29) is 11.9 Å². The maximum Gasteiger partial charge on any atom is 0.258 e. The van der Waals surface area contributed by atoms with Gasteiger partial charge in [-0.1, -0.05) is 18.2 Å². The Morgan fingerprint density at radius 3 is 2.97 bits per heavy atom. The maximum absolute atomic E-state index is 12.5. The van der Waals surface area contributed by atoms with Crippen molar-refractivity contribution in [3.05, 3.63) is 47.5 Å². The number of aliphatic hydroxyl groups is 1. The molecule has 4 heterocycles. The summed E-state index contributed by atoms with van der Waals surface area (Å²) in [7, 11) is 1.71. The Balaban J connectivity index is 1.40. The van der Waals surface area contributed by atoms with Gasteiger partial charge in [0.2, 0.25) is 5.95 Å². The van der Waals surface area contributed by atoms with Crippen LogP contribution in [0.3, 0.4) is 0 Å². The molecule has 2 N–H and O–H groups in total. The van der Waals surface area contributed by atoms with E-state index in [9.17, 15) is 9.90 Å². The molecule has 9 heteroatoms. The van der Waals surface area contributed by atoms with Crippen LogP contribution < -0.4 is 5.32 Å². The second-order valence-corrected chi connectivity index (χ2v) is 8.78. The Bertz CT molecular complexity index is 1110. The number of aromatic nitrogens is 3. The topological polar surface area (TPSA) is 100 Å². The van der Waals surface area contributed by atoms with Crippen LogP contribution >= 0.6 is 11.3 Å². The third kappa shape index (κ3) is 3.80. The van der Waals surface area contributed by atoms with Crippen LogP contribution in [0.25, 0.3) is 22.0 Å². The van der Waals surface area contributed by atoms with Gasteiger partial charge in [0.15, 0.2) is 5.60 Å². The lowest BCUT2D eigenvalue weighted by molar-refractivity contribution is -0.143. The largest absolute Gasteiger partial charge is 0.379 e. The third-order valence-corrected chi connectivity index (χ3v) is 6.67. The van der Waals surface area contributed by atoms with Crippen LogP contribution in [0.4, 0.5) is 5.95 Å². The molecule has 2 fully saturated rings. The number of carbonyl (C=O) groups excluding carboxylic acids is 1. The van der Waals surface area contributed by atoms with Crippen molar-refractivity contribution in [3.8, 4) is 22.0 Å². The van der Waals surface area contributed by atoms with Crippen molar-refractivity contribution < 1.29 is 14.6 Å². The van der Waals surface area contributed by atoms with Crippen molar-refractivity contribution in [1.82, 2.24) is 19.9 Å². The van der Waals surface area contributed by atoms with Gasteiger partial charge in [0.05, 0.1) is 18.3 Å². The highest BCUT2D eigenvalue weighted by atomic mass is 32.1. The quantitative estimate of drug-likeness (QED) is 0.633. The van der Waals surface area contributed by atoms with Gasteiger partial charge >= 0.3 is 0 Å². The molecular weight excluding hydrogens is 414 g/mol. The molecule has 1 amide bonds. The first kappa shape index (κ1) is 20.0. The maximum atomic E-state index is 12.5. The van der Waals surface area contributed by atoms with Crippen molar-refractivity contribution in [2.45, 2.75) is 24.5 Å². The highest BCUT2D eigenvalue weighted by molar-refractivity contribution is 7.13. The van der Waals surface area contributed by atoms with Crippen LogP contribution in [0.2, 0.25) is 0 Å². The summed E-state index contributed by atoms with van der Waals surface area (Å²) in [5, 5.41) is 17.0. The fourth-order valence-electron chi connectivity index (χ4n) is 3.96. The minimum atomic E-state index is -1.47. The second kappa shape index (κ2) is 7.99. The summed E-state index contributed by atoms with van der Waals surface area (Å²) in [5.41, 5.74) is 1.49. The lowest BCUT2D eigenvalue weighted by atomic mass is 9.91. The number of hydrogen-bond donors (Lipinski definition) is 2. The zero-order valence-corrected chi connectivity index (χ0v) is 17.9. The molecule has 2 atom stereocenters. The molecule has 0 unspecified atom stereocenters. The van der Waals surface area contributed by atoms with Crippen LogP contribution in [0, 0.1) is 0 Å². The molecule has 1 aromatic carbocycles. The Morgan fingerprint density at radius 1 is 1.29 bits per heavy atom. The molecular formula is C22H23N5O3S. The van der Waals surface area contributed by atoms with E-state index >= 15 is 0 Å². The average molecular weight is 438 g/mol. The molecule has 0 radical (unpaired) electrons.